The van der Waals surface area contributed by atoms with Gasteiger partial charge in [0.1, 0.15) is 6.10 Å². The number of anilines is 1. The first-order valence-electron chi connectivity index (χ1n) is 15.6. The second-order valence-corrected chi connectivity index (χ2v) is 11.6. The summed E-state index contributed by atoms with van der Waals surface area (Å²) in [6.45, 7) is 3.53. The quantitative estimate of drug-likeness (QED) is 0.154. The summed E-state index contributed by atoms with van der Waals surface area (Å²) in [7, 11) is 0. The highest BCUT2D eigenvalue weighted by molar-refractivity contribution is 5.81. The van der Waals surface area contributed by atoms with Gasteiger partial charge in [0.15, 0.2) is 0 Å². The average Bonchev–Trinajstić information content (AvgIpc) is 3.04. The smallest absolute Gasteiger partial charge is 0.331 e. The first-order valence-corrected chi connectivity index (χ1v) is 15.6. The molecule has 0 unspecified atom stereocenters. The maximum atomic E-state index is 13.4. The van der Waals surface area contributed by atoms with Crippen LogP contribution in [0, 0.1) is 0 Å². The maximum absolute atomic E-state index is 13.4. The number of nitrogen functional groups attached to an aromatic ring is 1. The van der Waals surface area contributed by atoms with Crippen LogP contribution in [0.25, 0.3) is 10.9 Å². The Bertz CT molecular complexity index is 1600. The fourth-order valence-corrected chi connectivity index (χ4v) is 6.07. The summed E-state index contributed by atoms with van der Waals surface area (Å²) in [5.74, 6) is -0.888. The van der Waals surface area contributed by atoms with E-state index in [1.165, 1.54) is 4.57 Å². The predicted molar refractivity (Wildman–Crippen MR) is 173 cm³/mol. The minimum Gasteiger partial charge on any atom is -0.481 e. The number of hydrogen-bond donors (Lipinski definition) is 2. The van der Waals surface area contributed by atoms with Crippen LogP contribution in [0.1, 0.15) is 62.2 Å². The highest BCUT2D eigenvalue weighted by Gasteiger charge is 2.24. The van der Waals surface area contributed by atoms with Gasteiger partial charge in [-0.3, -0.25) is 18.7 Å². The van der Waals surface area contributed by atoms with E-state index in [9.17, 15) is 14.4 Å². The number of aryl methyl sites for hydroxylation is 1. The number of piperidine rings is 1. The molecule has 0 saturated carbocycles. The summed E-state index contributed by atoms with van der Waals surface area (Å²) in [5, 5.41) is 9.34. The third-order valence-electron chi connectivity index (χ3n) is 8.44. The summed E-state index contributed by atoms with van der Waals surface area (Å²) >= 11 is 0. The minimum atomic E-state index is -0.888. The molecule has 4 aromatic rings. The SMILES string of the molecule is Nc1ccc2c(c1)c(=O)n(CCCCC(=O)O)c(=O)n2CCCCN1CCC(OC(c2ccccc2)c2ccccc2)CC1. The topological polar surface area (TPSA) is 120 Å². The number of hydrogen-bond acceptors (Lipinski definition) is 6. The third kappa shape index (κ3) is 7.84. The Labute approximate surface area is 257 Å². The number of aliphatic carboxylic acids is 1. The molecule has 232 valence electrons. The standard InChI is InChI=1S/C35H42N4O5/c36-28-16-17-31-30(25-28)34(42)39(22-8-7-15-32(40)41)35(43)38(31)21-10-9-20-37-23-18-29(19-24-37)44-33(26-11-3-1-4-12-26)27-13-5-2-6-14-27/h1-6,11-14,16-17,25,29,33H,7-10,15,18-24,36H2,(H,40,41). The molecule has 3 aromatic carbocycles. The Kier molecular flexibility index (Phi) is 10.6. The molecular weight excluding hydrogens is 556 g/mol. The second kappa shape index (κ2) is 15.0. The average molecular weight is 599 g/mol. The molecule has 1 fully saturated rings. The Morgan fingerprint density at radius 1 is 0.818 bits per heavy atom. The molecule has 0 atom stereocenters. The van der Waals surface area contributed by atoms with Crippen molar-refractivity contribution in [2.45, 2.75) is 70.2 Å². The molecule has 0 radical (unpaired) electrons. The minimum absolute atomic E-state index is 0.00742. The molecule has 9 heteroatoms. The lowest BCUT2D eigenvalue weighted by molar-refractivity contribution is -0.137. The van der Waals surface area contributed by atoms with Crippen LogP contribution in [0.2, 0.25) is 0 Å². The number of rotatable bonds is 14. The molecule has 0 aliphatic carbocycles. The number of benzene rings is 3. The Morgan fingerprint density at radius 3 is 2.05 bits per heavy atom. The number of ether oxygens (including phenoxy) is 1. The van der Waals surface area contributed by atoms with Crippen LogP contribution in [0.5, 0.6) is 0 Å². The zero-order valence-corrected chi connectivity index (χ0v) is 25.1. The number of carboxylic acids is 1. The van der Waals surface area contributed by atoms with Crippen molar-refractivity contribution in [1.29, 1.82) is 0 Å². The normalized spacial score (nSPS) is 14.4. The van der Waals surface area contributed by atoms with Crippen molar-refractivity contribution >= 4 is 22.6 Å². The van der Waals surface area contributed by atoms with E-state index in [4.69, 9.17) is 15.6 Å². The summed E-state index contributed by atoms with van der Waals surface area (Å²) < 4.78 is 9.59. The number of carbonyl (C=O) groups is 1. The van der Waals surface area contributed by atoms with E-state index in [1.807, 2.05) is 12.1 Å². The molecule has 1 aliphatic rings. The molecule has 0 spiro atoms. The summed E-state index contributed by atoms with van der Waals surface area (Å²) in [6.07, 6.45) is 4.59. The first-order chi connectivity index (χ1) is 21.4. The molecule has 0 amide bonds. The van der Waals surface area contributed by atoms with Gasteiger partial charge in [0.2, 0.25) is 0 Å². The largest absolute Gasteiger partial charge is 0.481 e. The van der Waals surface area contributed by atoms with Crippen LogP contribution in [-0.4, -0.2) is 50.8 Å². The highest BCUT2D eigenvalue weighted by Crippen LogP contribution is 2.30. The van der Waals surface area contributed by atoms with Gasteiger partial charge in [0.25, 0.3) is 5.56 Å². The molecular formula is C35H42N4O5. The number of aromatic nitrogens is 2. The first kappa shape index (κ1) is 31.2. The fourth-order valence-electron chi connectivity index (χ4n) is 6.07. The van der Waals surface area contributed by atoms with Crippen LogP contribution in [0.15, 0.2) is 88.5 Å². The van der Waals surface area contributed by atoms with E-state index in [-0.39, 0.29) is 36.4 Å². The number of fused-ring (bicyclic) bond motifs is 1. The predicted octanol–water partition coefficient (Wildman–Crippen LogP) is 5.05. The van der Waals surface area contributed by atoms with E-state index < -0.39 is 5.97 Å². The number of carboxylic acid groups (broad SMARTS) is 1. The molecule has 2 heterocycles. The van der Waals surface area contributed by atoms with Crippen LogP contribution in [0.4, 0.5) is 5.69 Å². The van der Waals surface area contributed by atoms with Crippen LogP contribution >= 0.6 is 0 Å². The molecule has 9 nitrogen and oxygen atoms in total. The van der Waals surface area contributed by atoms with E-state index in [0.717, 1.165) is 56.4 Å². The van der Waals surface area contributed by atoms with Gasteiger partial charge in [-0.15, -0.1) is 0 Å². The number of nitrogens with zero attached hydrogens (tertiary/aromatic N) is 3. The molecule has 1 aliphatic heterocycles. The lowest BCUT2D eigenvalue weighted by Gasteiger charge is -2.34. The summed E-state index contributed by atoms with van der Waals surface area (Å²) in [4.78, 5) is 39.9. The van der Waals surface area contributed by atoms with Gasteiger partial charge in [0.05, 0.1) is 17.0 Å². The molecule has 44 heavy (non-hydrogen) atoms. The van der Waals surface area contributed by atoms with Crippen LogP contribution < -0.4 is 17.0 Å². The van der Waals surface area contributed by atoms with Crippen molar-refractivity contribution in [2.24, 2.45) is 0 Å². The molecule has 5 rings (SSSR count). The van der Waals surface area contributed by atoms with Gasteiger partial charge in [-0.2, -0.15) is 0 Å². The molecule has 1 saturated heterocycles. The highest BCUT2D eigenvalue weighted by atomic mass is 16.5. The van der Waals surface area contributed by atoms with Gasteiger partial charge >= 0.3 is 11.7 Å². The van der Waals surface area contributed by atoms with Crippen molar-refractivity contribution in [2.75, 3.05) is 25.4 Å². The zero-order valence-electron chi connectivity index (χ0n) is 25.1. The lowest BCUT2D eigenvalue weighted by Crippen LogP contribution is -2.40. The summed E-state index contributed by atoms with van der Waals surface area (Å²) in [6, 6.07) is 25.9. The van der Waals surface area contributed by atoms with E-state index in [0.29, 0.717) is 36.0 Å². The van der Waals surface area contributed by atoms with Crippen LogP contribution in [-0.2, 0) is 22.6 Å². The third-order valence-corrected chi connectivity index (χ3v) is 8.44. The molecule has 1 aromatic heterocycles. The van der Waals surface area contributed by atoms with E-state index in [1.54, 1.807) is 22.8 Å². The molecule has 3 N–H and O–H groups in total. The van der Waals surface area contributed by atoms with Gasteiger partial charge < -0.3 is 20.5 Å². The Morgan fingerprint density at radius 2 is 1.41 bits per heavy atom. The van der Waals surface area contributed by atoms with Crippen molar-refractivity contribution in [3.63, 3.8) is 0 Å². The number of unbranched alkanes of at least 4 members (excludes halogenated alkanes) is 2. The monoisotopic (exact) mass is 598 g/mol. The van der Waals surface area contributed by atoms with Gasteiger partial charge in [-0.1, -0.05) is 60.7 Å². The summed E-state index contributed by atoms with van der Waals surface area (Å²) in [5.41, 5.74) is 8.61. The van der Waals surface area contributed by atoms with E-state index in [2.05, 4.69) is 53.4 Å². The van der Waals surface area contributed by atoms with Crippen molar-refractivity contribution in [3.8, 4) is 0 Å². The van der Waals surface area contributed by atoms with E-state index >= 15 is 0 Å². The molecule has 0 bridgehead atoms. The van der Waals surface area contributed by atoms with Crippen molar-refractivity contribution in [1.82, 2.24) is 14.0 Å². The van der Waals surface area contributed by atoms with Gasteiger partial charge in [-0.25, -0.2) is 4.79 Å². The lowest BCUT2D eigenvalue weighted by atomic mass is 10.00. The Balaban J connectivity index is 1.16. The van der Waals surface area contributed by atoms with Crippen molar-refractivity contribution < 1.29 is 14.6 Å². The maximum Gasteiger partial charge on any atom is 0.331 e. The van der Waals surface area contributed by atoms with Gasteiger partial charge in [-0.05, 0) is 74.4 Å². The fraction of sp³-hybridized carbons (Fsp3) is 0.400. The zero-order chi connectivity index (χ0) is 30.9. The van der Waals surface area contributed by atoms with Crippen molar-refractivity contribution in [3.05, 3.63) is 111 Å². The second-order valence-electron chi connectivity index (χ2n) is 11.6. The number of likely N-dealkylation sites (tertiary alicyclic amines) is 1. The number of nitrogens with two attached hydrogens (primary N) is 1. The van der Waals surface area contributed by atoms with Crippen LogP contribution in [0.3, 0.4) is 0 Å². The Hall–Kier alpha value is -4.21. The van der Waals surface area contributed by atoms with Gasteiger partial charge in [0, 0.05) is 38.3 Å².